The van der Waals surface area contributed by atoms with Crippen molar-refractivity contribution in [3.63, 3.8) is 0 Å². The highest BCUT2D eigenvalue weighted by atomic mass is 32.2. The van der Waals surface area contributed by atoms with Crippen molar-refractivity contribution in [1.29, 1.82) is 0 Å². The number of thioether (sulfide) groups is 1. The molecule has 94 valence electrons. The largest absolute Gasteiger partial charge is 0.504 e. The predicted octanol–water partition coefficient (Wildman–Crippen LogP) is 3.12. The van der Waals surface area contributed by atoms with Crippen molar-refractivity contribution >= 4 is 23.3 Å². The third kappa shape index (κ3) is 2.48. The van der Waals surface area contributed by atoms with E-state index in [1.165, 1.54) is 11.8 Å². The first kappa shape index (κ1) is 12.9. The summed E-state index contributed by atoms with van der Waals surface area (Å²) >= 11 is 1.31. The van der Waals surface area contributed by atoms with Crippen molar-refractivity contribution in [2.24, 2.45) is 0 Å². The van der Waals surface area contributed by atoms with E-state index < -0.39 is 5.25 Å². The van der Waals surface area contributed by atoms with Gasteiger partial charge in [-0.25, -0.2) is 0 Å². The lowest BCUT2D eigenvalue weighted by atomic mass is 10.0. The molecule has 0 aliphatic carbocycles. The van der Waals surface area contributed by atoms with Gasteiger partial charge >= 0.3 is 0 Å². The van der Waals surface area contributed by atoms with Gasteiger partial charge in [-0.3, -0.25) is 9.59 Å². The van der Waals surface area contributed by atoms with E-state index in [9.17, 15) is 14.7 Å². The molecule has 0 spiro atoms. The van der Waals surface area contributed by atoms with Gasteiger partial charge in [0.15, 0.2) is 11.5 Å². The summed E-state index contributed by atoms with van der Waals surface area (Å²) in [5.74, 6) is -0.541. The van der Waals surface area contributed by atoms with Crippen LogP contribution in [0, 0.1) is 0 Å². The molecule has 2 rings (SSSR count). The number of hydrogen-bond acceptors (Lipinski definition) is 4. The number of hydrogen-bond donors (Lipinski definition) is 1. The fourth-order valence-corrected chi connectivity index (χ4v) is 3.04. The predicted molar refractivity (Wildman–Crippen MR) is 71.7 cm³/mol. The Kier molecular flexibility index (Phi) is 3.87. The second-order valence-corrected chi connectivity index (χ2v) is 5.39. The van der Waals surface area contributed by atoms with Crippen LogP contribution in [0.25, 0.3) is 0 Å². The Balaban J connectivity index is 2.05. The highest BCUT2D eigenvalue weighted by Crippen LogP contribution is 2.37. The Morgan fingerprint density at radius 1 is 1.33 bits per heavy atom. The Labute approximate surface area is 110 Å². The maximum atomic E-state index is 12.0. The summed E-state index contributed by atoms with van der Waals surface area (Å²) in [6, 6.07) is 8.91. The highest BCUT2D eigenvalue weighted by Gasteiger charge is 2.34. The van der Waals surface area contributed by atoms with Crippen LogP contribution in [0.5, 0.6) is 0 Å². The minimum atomic E-state index is -0.465. The highest BCUT2D eigenvalue weighted by molar-refractivity contribution is 8.04. The summed E-state index contributed by atoms with van der Waals surface area (Å²) in [5.41, 5.74) is 0.607. The van der Waals surface area contributed by atoms with E-state index in [1.807, 2.05) is 13.0 Å². The zero-order valence-electron chi connectivity index (χ0n) is 10.1. The lowest BCUT2D eigenvalue weighted by Gasteiger charge is -2.06. The number of carbonyl (C=O) groups is 2. The summed E-state index contributed by atoms with van der Waals surface area (Å²) in [5, 5.41) is 9.14. The van der Waals surface area contributed by atoms with Crippen LogP contribution in [0.15, 0.2) is 41.0 Å². The maximum absolute atomic E-state index is 12.0. The molecule has 1 heterocycles. The van der Waals surface area contributed by atoms with Crippen molar-refractivity contribution in [2.75, 3.05) is 0 Å². The van der Waals surface area contributed by atoms with E-state index >= 15 is 0 Å². The average Bonchev–Trinajstić information content (AvgIpc) is 2.67. The molecular weight excluding hydrogens is 248 g/mol. The molecule has 18 heavy (non-hydrogen) atoms. The Morgan fingerprint density at radius 3 is 2.56 bits per heavy atom. The molecule has 0 bridgehead atoms. The summed E-state index contributed by atoms with van der Waals surface area (Å²) < 4.78 is 0. The number of Topliss-reactive ketones (excluding diaryl/α,β-unsaturated/α-hetero) is 2. The van der Waals surface area contributed by atoms with Crippen molar-refractivity contribution in [2.45, 2.75) is 25.0 Å². The third-order valence-corrected chi connectivity index (χ3v) is 4.29. The molecular formula is C14H14O3S. The van der Waals surface area contributed by atoms with Crippen molar-refractivity contribution in [3.8, 4) is 0 Å². The van der Waals surface area contributed by atoms with Gasteiger partial charge in [0.05, 0.1) is 5.25 Å². The van der Waals surface area contributed by atoms with Crippen LogP contribution >= 0.6 is 11.8 Å². The first-order valence-corrected chi connectivity index (χ1v) is 6.72. The monoisotopic (exact) mass is 262 g/mol. The molecule has 3 nitrogen and oxygen atoms in total. The smallest absolute Gasteiger partial charge is 0.211 e. The van der Waals surface area contributed by atoms with Crippen LogP contribution in [-0.4, -0.2) is 21.9 Å². The van der Waals surface area contributed by atoms with E-state index in [4.69, 9.17) is 0 Å². The number of carbonyl (C=O) groups excluding carboxylic acids is 2. The van der Waals surface area contributed by atoms with Gasteiger partial charge in [0.1, 0.15) is 0 Å². The molecule has 4 heteroatoms. The molecule has 0 saturated heterocycles. The lowest BCUT2D eigenvalue weighted by molar-refractivity contribution is -0.117. The van der Waals surface area contributed by atoms with Gasteiger partial charge in [-0.15, -0.1) is 11.8 Å². The third-order valence-electron chi connectivity index (χ3n) is 2.86. The first-order valence-electron chi connectivity index (χ1n) is 5.84. The van der Waals surface area contributed by atoms with E-state index in [2.05, 4.69) is 0 Å². The molecule has 1 unspecified atom stereocenters. The number of benzene rings is 1. The SMILES string of the molecule is CCC1=C(O)C(=O)C(CC(=O)c2ccccc2)S1. The Hall–Kier alpha value is -1.55. The van der Waals surface area contributed by atoms with Gasteiger partial charge in [0.2, 0.25) is 5.78 Å². The zero-order chi connectivity index (χ0) is 13.1. The summed E-state index contributed by atoms with van der Waals surface area (Å²) in [6.45, 7) is 1.88. The van der Waals surface area contributed by atoms with Crippen LogP contribution in [0.1, 0.15) is 30.1 Å². The maximum Gasteiger partial charge on any atom is 0.211 e. The van der Waals surface area contributed by atoms with E-state index in [0.717, 1.165) is 0 Å². The normalized spacial score (nSPS) is 19.4. The Morgan fingerprint density at radius 2 is 2.00 bits per heavy atom. The standard InChI is InChI=1S/C14H14O3S/c1-2-11-13(16)14(17)12(18-11)8-10(15)9-6-4-3-5-7-9/h3-7,12,16H,2,8H2,1H3. The minimum absolute atomic E-state index is 0.0633. The second kappa shape index (κ2) is 5.40. The summed E-state index contributed by atoms with van der Waals surface area (Å²) in [6.07, 6.45) is 0.763. The second-order valence-electron chi connectivity index (χ2n) is 4.09. The van der Waals surface area contributed by atoms with Crippen molar-refractivity contribution < 1.29 is 14.7 Å². The van der Waals surface area contributed by atoms with Crippen molar-refractivity contribution in [1.82, 2.24) is 0 Å². The molecule has 1 aromatic carbocycles. The molecule has 0 aromatic heterocycles. The minimum Gasteiger partial charge on any atom is -0.504 e. The number of aliphatic hydroxyl groups excluding tert-OH is 1. The quantitative estimate of drug-likeness (QED) is 0.847. The molecule has 1 aromatic rings. The van der Waals surface area contributed by atoms with Crippen LogP contribution in [0.4, 0.5) is 0 Å². The van der Waals surface area contributed by atoms with Crippen LogP contribution < -0.4 is 0 Å². The van der Waals surface area contributed by atoms with Crippen LogP contribution in [0.2, 0.25) is 0 Å². The molecule has 1 N–H and O–H groups in total. The number of ketones is 2. The molecule has 1 atom stereocenters. The molecule has 0 radical (unpaired) electrons. The van der Waals surface area contributed by atoms with Crippen molar-refractivity contribution in [3.05, 3.63) is 46.6 Å². The number of allylic oxidation sites excluding steroid dienone is 2. The zero-order valence-corrected chi connectivity index (χ0v) is 10.9. The van der Waals surface area contributed by atoms with E-state index in [-0.39, 0.29) is 23.7 Å². The topological polar surface area (TPSA) is 54.4 Å². The first-order chi connectivity index (χ1) is 8.63. The van der Waals surface area contributed by atoms with Gasteiger partial charge in [0.25, 0.3) is 0 Å². The fourth-order valence-electron chi connectivity index (χ4n) is 1.87. The average molecular weight is 262 g/mol. The van der Waals surface area contributed by atoms with E-state index in [1.54, 1.807) is 24.3 Å². The van der Waals surface area contributed by atoms with Gasteiger partial charge in [0, 0.05) is 16.9 Å². The number of aliphatic hydroxyl groups is 1. The van der Waals surface area contributed by atoms with E-state index in [0.29, 0.717) is 16.9 Å². The van der Waals surface area contributed by atoms with Gasteiger partial charge < -0.3 is 5.11 Å². The number of rotatable bonds is 4. The van der Waals surface area contributed by atoms with Gasteiger partial charge in [-0.1, -0.05) is 37.3 Å². The van der Waals surface area contributed by atoms with Crippen LogP contribution in [-0.2, 0) is 4.79 Å². The van der Waals surface area contributed by atoms with Gasteiger partial charge in [-0.2, -0.15) is 0 Å². The molecule has 1 aliphatic rings. The Bertz CT molecular complexity index is 505. The van der Waals surface area contributed by atoms with Crippen LogP contribution in [0.3, 0.4) is 0 Å². The summed E-state index contributed by atoms with van der Waals surface area (Å²) in [7, 11) is 0. The van der Waals surface area contributed by atoms with Gasteiger partial charge in [-0.05, 0) is 6.42 Å². The molecule has 0 amide bonds. The lowest BCUT2D eigenvalue weighted by Crippen LogP contribution is -2.18. The summed E-state index contributed by atoms with van der Waals surface area (Å²) in [4.78, 5) is 24.4. The fraction of sp³-hybridized carbons (Fsp3) is 0.286. The molecule has 0 saturated carbocycles. The molecule has 1 aliphatic heterocycles. The molecule has 0 fully saturated rings.